The molecule has 0 saturated heterocycles. The molecule has 1 rings (SSSR count). The van der Waals surface area contributed by atoms with Crippen molar-refractivity contribution in [2.24, 2.45) is 0 Å². The van der Waals surface area contributed by atoms with Crippen LogP contribution in [0.2, 0.25) is 0 Å². The van der Waals surface area contributed by atoms with Crippen molar-refractivity contribution < 1.29 is 18.3 Å². The van der Waals surface area contributed by atoms with Crippen LogP contribution in [0.4, 0.5) is 0 Å². The van der Waals surface area contributed by atoms with Gasteiger partial charge in [-0.1, -0.05) is 15.9 Å². The maximum atomic E-state index is 12.2. The smallest absolute Gasteiger partial charge is 0.244 e. The van der Waals surface area contributed by atoms with Crippen molar-refractivity contribution in [2.45, 2.75) is 11.3 Å². The van der Waals surface area contributed by atoms with Crippen LogP contribution in [0.25, 0.3) is 0 Å². The lowest BCUT2D eigenvalue weighted by molar-refractivity contribution is 0.296. The van der Waals surface area contributed by atoms with Gasteiger partial charge in [-0.15, -0.1) is 0 Å². The standard InChI is InChI=1S/C12H18BrNO4S2/c1-18-11-4-3-10(13)9-12(11)20(16,17)14-5-8-19-7-2-6-15/h3-4,9,14-15H,2,5-8H2,1H3. The number of rotatable bonds is 9. The first-order valence-corrected chi connectivity index (χ1v) is 9.46. The second kappa shape index (κ2) is 8.89. The third-order valence-electron chi connectivity index (χ3n) is 2.40. The highest BCUT2D eigenvalue weighted by Crippen LogP contribution is 2.26. The Kier molecular flexibility index (Phi) is 7.90. The Morgan fingerprint density at radius 2 is 2.15 bits per heavy atom. The monoisotopic (exact) mass is 383 g/mol. The van der Waals surface area contributed by atoms with E-state index >= 15 is 0 Å². The topological polar surface area (TPSA) is 75.6 Å². The molecule has 2 N–H and O–H groups in total. The quantitative estimate of drug-likeness (QED) is 0.636. The molecule has 0 aromatic heterocycles. The first-order chi connectivity index (χ1) is 9.51. The van der Waals surface area contributed by atoms with Crippen LogP contribution in [0.3, 0.4) is 0 Å². The summed E-state index contributed by atoms with van der Waals surface area (Å²) >= 11 is 4.85. The summed E-state index contributed by atoms with van der Waals surface area (Å²) in [7, 11) is -2.15. The Morgan fingerprint density at radius 3 is 2.80 bits per heavy atom. The molecule has 1 aromatic carbocycles. The zero-order valence-corrected chi connectivity index (χ0v) is 14.4. The summed E-state index contributed by atoms with van der Waals surface area (Å²) in [4.78, 5) is 0.120. The molecule has 20 heavy (non-hydrogen) atoms. The van der Waals surface area contributed by atoms with E-state index in [4.69, 9.17) is 9.84 Å². The molecule has 0 unspecified atom stereocenters. The summed E-state index contributed by atoms with van der Waals surface area (Å²) in [5, 5.41) is 8.64. The molecule has 114 valence electrons. The Labute approximate surface area is 132 Å². The zero-order chi connectivity index (χ0) is 15.0. The van der Waals surface area contributed by atoms with E-state index in [0.29, 0.717) is 22.5 Å². The number of halogens is 1. The number of hydrogen-bond donors (Lipinski definition) is 2. The summed E-state index contributed by atoms with van der Waals surface area (Å²) in [5.74, 6) is 1.79. The van der Waals surface area contributed by atoms with Crippen LogP contribution in [0, 0.1) is 0 Å². The van der Waals surface area contributed by atoms with Gasteiger partial charge in [-0.25, -0.2) is 13.1 Å². The Hall–Kier alpha value is -0.280. The van der Waals surface area contributed by atoms with Crippen molar-refractivity contribution in [1.82, 2.24) is 4.72 Å². The zero-order valence-electron chi connectivity index (χ0n) is 11.1. The Morgan fingerprint density at radius 1 is 1.40 bits per heavy atom. The predicted octanol–water partition coefficient (Wildman–Crippen LogP) is 1.85. The van der Waals surface area contributed by atoms with E-state index in [1.54, 1.807) is 23.9 Å². The lowest BCUT2D eigenvalue weighted by Crippen LogP contribution is -2.26. The van der Waals surface area contributed by atoms with E-state index in [1.807, 2.05) is 0 Å². The van der Waals surface area contributed by atoms with Gasteiger partial charge in [0.25, 0.3) is 0 Å². The molecular weight excluding hydrogens is 366 g/mol. The molecule has 0 aliphatic heterocycles. The molecule has 0 saturated carbocycles. The fourth-order valence-electron chi connectivity index (χ4n) is 1.46. The number of benzene rings is 1. The summed E-state index contributed by atoms with van der Waals surface area (Å²) < 4.78 is 32.7. The fraction of sp³-hybridized carbons (Fsp3) is 0.500. The van der Waals surface area contributed by atoms with Gasteiger partial charge >= 0.3 is 0 Å². The van der Waals surface area contributed by atoms with E-state index in [-0.39, 0.29) is 11.5 Å². The number of aliphatic hydroxyl groups excluding tert-OH is 1. The number of aliphatic hydroxyl groups is 1. The maximum Gasteiger partial charge on any atom is 0.244 e. The summed E-state index contributed by atoms with van der Waals surface area (Å²) in [5.41, 5.74) is 0. The first-order valence-electron chi connectivity index (χ1n) is 6.03. The van der Waals surface area contributed by atoms with Gasteiger partial charge in [-0.05, 0) is 30.4 Å². The maximum absolute atomic E-state index is 12.2. The molecular formula is C12H18BrNO4S2. The highest BCUT2D eigenvalue weighted by Gasteiger charge is 2.19. The Balaban J connectivity index is 2.62. The van der Waals surface area contributed by atoms with Crippen molar-refractivity contribution in [2.75, 3.05) is 31.8 Å². The van der Waals surface area contributed by atoms with Gasteiger partial charge in [-0.2, -0.15) is 11.8 Å². The molecule has 0 atom stereocenters. The van der Waals surface area contributed by atoms with Crippen molar-refractivity contribution in [3.8, 4) is 5.75 Å². The molecule has 0 heterocycles. The van der Waals surface area contributed by atoms with Crippen molar-refractivity contribution in [3.05, 3.63) is 22.7 Å². The number of methoxy groups -OCH3 is 1. The van der Waals surface area contributed by atoms with Gasteiger partial charge in [0.2, 0.25) is 10.0 Å². The van der Waals surface area contributed by atoms with Gasteiger partial charge < -0.3 is 9.84 Å². The van der Waals surface area contributed by atoms with Gasteiger partial charge in [0.05, 0.1) is 7.11 Å². The Bertz CT molecular complexity index is 522. The fourth-order valence-corrected chi connectivity index (χ4v) is 4.11. The lowest BCUT2D eigenvalue weighted by Gasteiger charge is -2.11. The minimum absolute atomic E-state index is 0.120. The summed E-state index contributed by atoms with van der Waals surface area (Å²) in [6.45, 7) is 0.502. The van der Waals surface area contributed by atoms with E-state index in [2.05, 4.69) is 20.7 Å². The van der Waals surface area contributed by atoms with E-state index in [9.17, 15) is 8.42 Å². The van der Waals surface area contributed by atoms with Gasteiger partial charge in [-0.3, -0.25) is 0 Å². The van der Waals surface area contributed by atoms with Crippen LogP contribution < -0.4 is 9.46 Å². The lowest BCUT2D eigenvalue weighted by atomic mass is 10.3. The predicted molar refractivity (Wildman–Crippen MR) is 84.9 cm³/mol. The van der Waals surface area contributed by atoms with Crippen LogP contribution in [-0.4, -0.2) is 45.3 Å². The van der Waals surface area contributed by atoms with Crippen molar-refractivity contribution in [1.29, 1.82) is 0 Å². The number of thioether (sulfide) groups is 1. The van der Waals surface area contributed by atoms with Crippen LogP contribution in [0.5, 0.6) is 5.75 Å². The van der Waals surface area contributed by atoms with Crippen LogP contribution in [0.15, 0.2) is 27.6 Å². The first kappa shape index (κ1) is 17.8. The summed E-state index contributed by atoms with van der Waals surface area (Å²) in [6.07, 6.45) is 0.719. The minimum Gasteiger partial charge on any atom is -0.495 e. The number of nitrogens with one attached hydrogen (secondary N) is 1. The van der Waals surface area contributed by atoms with Crippen LogP contribution >= 0.6 is 27.7 Å². The molecule has 0 radical (unpaired) electrons. The molecule has 0 bridgehead atoms. The van der Waals surface area contributed by atoms with Gasteiger partial charge in [0.1, 0.15) is 10.6 Å². The van der Waals surface area contributed by atoms with Crippen molar-refractivity contribution >= 4 is 37.7 Å². The van der Waals surface area contributed by atoms with Crippen LogP contribution in [0.1, 0.15) is 6.42 Å². The molecule has 5 nitrogen and oxygen atoms in total. The van der Waals surface area contributed by atoms with E-state index in [1.165, 1.54) is 13.2 Å². The van der Waals surface area contributed by atoms with Gasteiger partial charge in [0.15, 0.2) is 0 Å². The molecule has 0 aliphatic rings. The van der Waals surface area contributed by atoms with Gasteiger partial charge in [0, 0.05) is 23.4 Å². The van der Waals surface area contributed by atoms with E-state index in [0.717, 1.165) is 12.2 Å². The van der Waals surface area contributed by atoms with E-state index < -0.39 is 10.0 Å². The largest absolute Gasteiger partial charge is 0.495 e. The molecule has 8 heteroatoms. The number of hydrogen-bond acceptors (Lipinski definition) is 5. The normalized spacial score (nSPS) is 11.6. The molecule has 0 fully saturated rings. The highest BCUT2D eigenvalue weighted by molar-refractivity contribution is 9.10. The van der Waals surface area contributed by atoms with Crippen molar-refractivity contribution in [3.63, 3.8) is 0 Å². The molecule has 1 aromatic rings. The second-order valence-corrected chi connectivity index (χ2v) is 7.76. The van der Waals surface area contributed by atoms with Crippen LogP contribution in [-0.2, 0) is 10.0 Å². The SMILES string of the molecule is COc1ccc(Br)cc1S(=O)(=O)NCCSCCCO. The summed E-state index contributed by atoms with van der Waals surface area (Å²) in [6, 6.07) is 4.84. The number of ether oxygens (including phenoxy) is 1. The molecule has 0 amide bonds. The average molecular weight is 384 g/mol. The number of sulfonamides is 1. The minimum atomic E-state index is -3.59. The average Bonchev–Trinajstić information content (AvgIpc) is 2.42. The molecule has 0 spiro atoms. The third kappa shape index (κ3) is 5.61. The highest BCUT2D eigenvalue weighted by atomic mass is 79.9. The molecule has 0 aliphatic carbocycles. The third-order valence-corrected chi connectivity index (χ3v) is 5.45. The second-order valence-electron chi connectivity index (χ2n) is 3.88.